The SMILES string of the molecule is N#CSCC(=O)Nc1ccc(Cl)c(-c2nc3cc(Cl)ccc3o2)c1. The molecule has 0 spiro atoms. The predicted octanol–water partition coefficient (Wildman–Crippen LogP) is 4.95. The molecule has 0 bridgehead atoms. The second-order valence-corrected chi connectivity index (χ2v) is 6.36. The lowest BCUT2D eigenvalue weighted by Gasteiger charge is -2.06. The summed E-state index contributed by atoms with van der Waals surface area (Å²) in [5.41, 5.74) is 2.30. The molecule has 1 heterocycles. The predicted molar refractivity (Wildman–Crippen MR) is 96.2 cm³/mol. The molecule has 0 unspecified atom stereocenters. The fourth-order valence-electron chi connectivity index (χ4n) is 2.08. The molecular weight excluding hydrogens is 369 g/mol. The maximum atomic E-state index is 11.7. The number of amides is 1. The number of benzene rings is 2. The van der Waals surface area contributed by atoms with Gasteiger partial charge in [-0.25, -0.2) is 4.98 Å². The number of carbonyl (C=O) groups excluding carboxylic acids is 1. The van der Waals surface area contributed by atoms with Crippen LogP contribution in [0.2, 0.25) is 10.0 Å². The third kappa shape index (κ3) is 3.65. The van der Waals surface area contributed by atoms with Crippen LogP contribution < -0.4 is 5.32 Å². The number of halogens is 2. The number of fused-ring (bicyclic) bond motifs is 1. The van der Waals surface area contributed by atoms with E-state index in [1.807, 2.05) is 5.40 Å². The van der Waals surface area contributed by atoms with Crippen LogP contribution in [0.25, 0.3) is 22.6 Å². The molecule has 0 fully saturated rings. The number of thiocyanates is 1. The van der Waals surface area contributed by atoms with Gasteiger partial charge in [0.2, 0.25) is 11.8 Å². The van der Waals surface area contributed by atoms with E-state index < -0.39 is 0 Å². The van der Waals surface area contributed by atoms with Crippen molar-refractivity contribution in [1.82, 2.24) is 4.98 Å². The molecule has 120 valence electrons. The van der Waals surface area contributed by atoms with E-state index in [9.17, 15) is 4.79 Å². The van der Waals surface area contributed by atoms with Crippen LogP contribution in [-0.2, 0) is 4.79 Å². The Labute approximate surface area is 151 Å². The van der Waals surface area contributed by atoms with Gasteiger partial charge in [0.15, 0.2) is 5.58 Å². The summed E-state index contributed by atoms with van der Waals surface area (Å²) < 4.78 is 5.70. The molecule has 0 saturated heterocycles. The summed E-state index contributed by atoms with van der Waals surface area (Å²) >= 11 is 13.0. The molecule has 0 radical (unpaired) electrons. The molecule has 3 aromatic rings. The Bertz CT molecular complexity index is 966. The smallest absolute Gasteiger partial charge is 0.235 e. The van der Waals surface area contributed by atoms with Gasteiger partial charge >= 0.3 is 0 Å². The fourth-order valence-corrected chi connectivity index (χ4v) is 2.71. The molecule has 1 amide bonds. The quantitative estimate of drug-likeness (QED) is 0.650. The van der Waals surface area contributed by atoms with Gasteiger partial charge in [-0.05, 0) is 48.2 Å². The number of anilines is 1. The van der Waals surface area contributed by atoms with Crippen LogP contribution in [0.4, 0.5) is 5.69 Å². The van der Waals surface area contributed by atoms with Gasteiger partial charge in [-0.3, -0.25) is 4.79 Å². The first-order valence-corrected chi connectivity index (χ1v) is 8.48. The standard InChI is InChI=1S/C16H9Cl2N3O2S/c17-9-1-4-14-13(5-9)21-16(23-14)11-6-10(2-3-12(11)18)20-15(22)7-24-8-19/h1-6H,7H2,(H,20,22). The number of carbonyl (C=O) groups is 1. The zero-order chi connectivity index (χ0) is 17.1. The molecule has 5 nitrogen and oxygen atoms in total. The highest BCUT2D eigenvalue weighted by Gasteiger charge is 2.13. The highest BCUT2D eigenvalue weighted by molar-refractivity contribution is 8.04. The maximum absolute atomic E-state index is 11.7. The molecule has 3 rings (SSSR count). The van der Waals surface area contributed by atoms with E-state index in [1.165, 1.54) is 0 Å². The Morgan fingerprint density at radius 2 is 2.12 bits per heavy atom. The van der Waals surface area contributed by atoms with E-state index in [4.69, 9.17) is 32.9 Å². The molecule has 0 aliphatic heterocycles. The number of rotatable bonds is 4. The Morgan fingerprint density at radius 1 is 1.29 bits per heavy atom. The first kappa shape index (κ1) is 16.7. The molecule has 0 atom stereocenters. The van der Waals surface area contributed by atoms with Crippen molar-refractivity contribution in [3.05, 3.63) is 46.4 Å². The number of hydrogen-bond acceptors (Lipinski definition) is 5. The number of nitrogens with one attached hydrogen (secondary N) is 1. The average molecular weight is 378 g/mol. The normalized spacial score (nSPS) is 10.5. The van der Waals surface area contributed by atoms with Crippen molar-refractivity contribution in [1.29, 1.82) is 5.26 Å². The minimum atomic E-state index is -0.279. The van der Waals surface area contributed by atoms with Crippen molar-refractivity contribution in [2.75, 3.05) is 11.1 Å². The van der Waals surface area contributed by atoms with Crippen molar-refractivity contribution in [3.8, 4) is 16.9 Å². The second kappa shape index (κ2) is 7.14. The van der Waals surface area contributed by atoms with Crippen LogP contribution >= 0.6 is 35.0 Å². The van der Waals surface area contributed by atoms with Gasteiger partial charge in [0.25, 0.3) is 0 Å². The topological polar surface area (TPSA) is 78.9 Å². The summed E-state index contributed by atoms with van der Waals surface area (Å²) in [5.74, 6) is 0.106. The molecule has 0 aliphatic carbocycles. The molecular formula is C16H9Cl2N3O2S. The molecule has 1 N–H and O–H groups in total. The van der Waals surface area contributed by atoms with Gasteiger partial charge in [0, 0.05) is 10.7 Å². The average Bonchev–Trinajstić information content (AvgIpc) is 2.97. The number of nitrogens with zero attached hydrogens (tertiary/aromatic N) is 2. The van der Waals surface area contributed by atoms with Gasteiger partial charge in [0.05, 0.1) is 16.3 Å². The van der Waals surface area contributed by atoms with Crippen molar-refractivity contribution in [2.45, 2.75) is 0 Å². The first-order chi connectivity index (χ1) is 11.6. The Morgan fingerprint density at radius 3 is 2.92 bits per heavy atom. The molecule has 24 heavy (non-hydrogen) atoms. The summed E-state index contributed by atoms with van der Waals surface area (Å²) in [6.45, 7) is 0. The van der Waals surface area contributed by atoms with Crippen LogP contribution in [0.1, 0.15) is 0 Å². The third-order valence-corrected chi connectivity index (χ3v) is 4.20. The minimum absolute atomic E-state index is 0.0514. The lowest BCUT2D eigenvalue weighted by atomic mass is 10.2. The van der Waals surface area contributed by atoms with Crippen LogP contribution in [0.15, 0.2) is 40.8 Å². The third-order valence-electron chi connectivity index (χ3n) is 3.10. The summed E-state index contributed by atoms with van der Waals surface area (Å²) in [6, 6.07) is 10.1. The second-order valence-electron chi connectivity index (χ2n) is 4.75. The molecule has 8 heteroatoms. The van der Waals surface area contributed by atoms with Crippen molar-refractivity contribution < 1.29 is 9.21 Å². The maximum Gasteiger partial charge on any atom is 0.235 e. The lowest BCUT2D eigenvalue weighted by molar-refractivity contribution is -0.113. The van der Waals surface area contributed by atoms with E-state index in [1.54, 1.807) is 36.4 Å². The van der Waals surface area contributed by atoms with E-state index in [0.717, 1.165) is 11.8 Å². The zero-order valence-electron chi connectivity index (χ0n) is 12.0. The zero-order valence-corrected chi connectivity index (χ0v) is 14.4. The van der Waals surface area contributed by atoms with E-state index >= 15 is 0 Å². The van der Waals surface area contributed by atoms with Crippen LogP contribution in [0, 0.1) is 10.7 Å². The summed E-state index contributed by atoms with van der Waals surface area (Å²) in [4.78, 5) is 16.1. The molecule has 0 aliphatic rings. The molecule has 1 aromatic heterocycles. The van der Waals surface area contributed by atoms with Gasteiger partial charge in [-0.1, -0.05) is 23.2 Å². The lowest BCUT2D eigenvalue weighted by Crippen LogP contribution is -2.13. The molecule has 2 aromatic carbocycles. The highest BCUT2D eigenvalue weighted by atomic mass is 35.5. The number of oxazole rings is 1. The summed E-state index contributed by atoms with van der Waals surface area (Å²) in [7, 11) is 0. The Kier molecular flexibility index (Phi) is 4.95. The van der Waals surface area contributed by atoms with Gasteiger partial charge in [-0.15, -0.1) is 0 Å². The Hall–Kier alpha value is -2.20. The van der Waals surface area contributed by atoms with Gasteiger partial charge in [-0.2, -0.15) is 5.26 Å². The molecule has 0 saturated carbocycles. The number of nitriles is 1. The van der Waals surface area contributed by atoms with Crippen LogP contribution in [-0.4, -0.2) is 16.6 Å². The number of hydrogen-bond donors (Lipinski definition) is 1. The minimum Gasteiger partial charge on any atom is -0.436 e. The van der Waals surface area contributed by atoms with Crippen molar-refractivity contribution in [3.63, 3.8) is 0 Å². The Balaban J connectivity index is 1.93. The van der Waals surface area contributed by atoms with E-state index in [0.29, 0.717) is 38.3 Å². The van der Waals surface area contributed by atoms with Gasteiger partial charge in [0.1, 0.15) is 10.9 Å². The summed E-state index contributed by atoms with van der Waals surface area (Å²) in [6.07, 6.45) is 0. The summed E-state index contributed by atoms with van der Waals surface area (Å²) in [5, 5.41) is 14.0. The van der Waals surface area contributed by atoms with Gasteiger partial charge < -0.3 is 9.73 Å². The number of aromatic nitrogens is 1. The van der Waals surface area contributed by atoms with Crippen LogP contribution in [0.5, 0.6) is 0 Å². The largest absolute Gasteiger partial charge is 0.436 e. The number of thioether (sulfide) groups is 1. The van der Waals surface area contributed by atoms with Crippen LogP contribution in [0.3, 0.4) is 0 Å². The van der Waals surface area contributed by atoms with Crippen molar-refractivity contribution in [2.24, 2.45) is 0 Å². The van der Waals surface area contributed by atoms with E-state index in [-0.39, 0.29) is 11.7 Å². The highest BCUT2D eigenvalue weighted by Crippen LogP contribution is 2.33. The van der Waals surface area contributed by atoms with Crippen molar-refractivity contribution >= 4 is 57.7 Å². The van der Waals surface area contributed by atoms with E-state index in [2.05, 4.69) is 10.3 Å². The fraction of sp³-hybridized carbons (Fsp3) is 0.0625. The monoisotopic (exact) mass is 377 g/mol. The first-order valence-electron chi connectivity index (χ1n) is 6.73.